The molecule has 23 heavy (non-hydrogen) atoms. The molecule has 0 nitrogen and oxygen atoms in total. The van der Waals surface area contributed by atoms with Crippen molar-refractivity contribution < 1.29 is 0 Å². The van der Waals surface area contributed by atoms with Crippen molar-refractivity contribution in [1.82, 2.24) is 0 Å². The molecule has 0 aromatic carbocycles. The van der Waals surface area contributed by atoms with Gasteiger partial charge in [0.2, 0.25) is 0 Å². The number of halogens is 2. The van der Waals surface area contributed by atoms with Gasteiger partial charge in [-0.05, 0) is 100.0 Å². The van der Waals surface area contributed by atoms with Crippen molar-refractivity contribution in [3.8, 4) is 0 Å². The van der Waals surface area contributed by atoms with E-state index in [9.17, 15) is 0 Å². The Morgan fingerprint density at radius 1 is 0.522 bits per heavy atom. The van der Waals surface area contributed by atoms with Crippen molar-refractivity contribution in [3.63, 3.8) is 0 Å². The van der Waals surface area contributed by atoms with Gasteiger partial charge in [-0.2, -0.15) is 0 Å². The second-order valence-corrected chi connectivity index (χ2v) is 14.5. The molecule has 0 aromatic rings. The van der Waals surface area contributed by atoms with Crippen molar-refractivity contribution in [1.29, 1.82) is 0 Å². The van der Waals surface area contributed by atoms with E-state index in [0.29, 0.717) is 0 Å². The summed E-state index contributed by atoms with van der Waals surface area (Å²) in [6.45, 7) is 22.3. The van der Waals surface area contributed by atoms with Crippen LogP contribution in [0.2, 0.25) is 13.1 Å². The molecule has 2 aliphatic rings. The zero-order valence-corrected chi connectivity index (χ0v) is 18.8. The molecule has 0 saturated carbocycles. The van der Waals surface area contributed by atoms with Crippen LogP contribution in [0, 0.1) is 0 Å². The van der Waals surface area contributed by atoms with E-state index >= 15 is 0 Å². The fraction of sp³-hybridized carbons (Fsp3) is 0.600. The molecule has 2 rings (SSSR count). The van der Waals surface area contributed by atoms with Crippen LogP contribution in [0.4, 0.5) is 0 Å². The summed E-state index contributed by atoms with van der Waals surface area (Å²) in [5.74, 6) is 0. The van der Waals surface area contributed by atoms with Crippen LogP contribution in [0.15, 0.2) is 44.6 Å². The maximum atomic E-state index is 7.47. The second-order valence-electron chi connectivity index (χ2n) is 7.94. The van der Waals surface area contributed by atoms with E-state index in [1.54, 1.807) is 0 Å². The molecule has 0 aliphatic heterocycles. The zero-order chi connectivity index (χ0) is 18.1. The minimum Gasteiger partial charge on any atom is -0.113 e. The molecule has 2 aliphatic carbocycles. The topological polar surface area (TPSA) is 0 Å². The van der Waals surface area contributed by atoms with E-state index in [4.69, 9.17) is 23.2 Å². The lowest BCUT2D eigenvalue weighted by Gasteiger charge is -2.50. The van der Waals surface area contributed by atoms with Crippen LogP contribution >= 0.6 is 23.2 Å². The maximum absolute atomic E-state index is 7.47. The molecule has 0 N–H and O–H groups in total. The van der Waals surface area contributed by atoms with Crippen LogP contribution < -0.4 is 0 Å². The molecular weight excluding hydrogens is 339 g/mol. The molecule has 0 heterocycles. The van der Waals surface area contributed by atoms with E-state index in [0.717, 1.165) is 0 Å². The minimum atomic E-state index is -2.21. The number of rotatable bonds is 2. The monoisotopic (exact) mass is 368 g/mol. The standard InChI is InChI=1S/C20H30Cl2Si/c1-11-12(2)16(6)19(21,15(11)5)23(9,10)20(22)17(7)13(3)14(4)18(20)8/h1-10H3. The molecule has 128 valence electrons. The van der Waals surface area contributed by atoms with Crippen LogP contribution in [0.3, 0.4) is 0 Å². The lowest BCUT2D eigenvalue weighted by atomic mass is 10.1. The third-order valence-electron chi connectivity index (χ3n) is 7.16. The van der Waals surface area contributed by atoms with Gasteiger partial charge in [-0.25, -0.2) is 0 Å². The normalized spacial score (nSPS) is 24.5. The predicted molar refractivity (Wildman–Crippen MR) is 108 cm³/mol. The largest absolute Gasteiger partial charge is 0.116 e. The fourth-order valence-corrected chi connectivity index (χ4v) is 11.4. The molecule has 0 radical (unpaired) electrons. The zero-order valence-electron chi connectivity index (χ0n) is 16.3. The highest BCUT2D eigenvalue weighted by atomic mass is 35.5. The molecule has 0 unspecified atom stereocenters. The van der Waals surface area contributed by atoms with Crippen molar-refractivity contribution in [2.75, 3.05) is 0 Å². The summed E-state index contributed by atoms with van der Waals surface area (Å²) in [7, 11) is -2.21. The van der Waals surface area contributed by atoms with Gasteiger partial charge in [-0.1, -0.05) is 13.1 Å². The third kappa shape index (κ3) is 1.96. The highest BCUT2D eigenvalue weighted by Crippen LogP contribution is 2.60. The molecule has 0 atom stereocenters. The van der Waals surface area contributed by atoms with Gasteiger partial charge in [-0.15, -0.1) is 23.2 Å². The van der Waals surface area contributed by atoms with E-state index in [1.165, 1.54) is 44.6 Å². The Morgan fingerprint density at radius 2 is 0.696 bits per heavy atom. The summed E-state index contributed by atoms with van der Waals surface area (Å²) in [6.07, 6.45) is 0. The Morgan fingerprint density at radius 3 is 0.870 bits per heavy atom. The highest BCUT2D eigenvalue weighted by Gasteiger charge is 2.64. The quantitative estimate of drug-likeness (QED) is 0.360. The average Bonchev–Trinajstić information content (AvgIpc) is 2.76. The Balaban J connectivity index is 2.80. The lowest BCUT2D eigenvalue weighted by molar-refractivity contribution is 0.900. The summed E-state index contributed by atoms with van der Waals surface area (Å²) < 4.78 is -0.841. The highest BCUT2D eigenvalue weighted by molar-refractivity contribution is 6.97. The van der Waals surface area contributed by atoms with Gasteiger partial charge in [-0.3, -0.25) is 0 Å². The van der Waals surface area contributed by atoms with E-state index in [-0.39, 0.29) is 0 Å². The predicted octanol–water partition coefficient (Wildman–Crippen LogP) is 7.10. The number of hydrogen-bond acceptors (Lipinski definition) is 0. The Hall–Kier alpha value is -0.243. The van der Waals surface area contributed by atoms with Crippen molar-refractivity contribution in [2.45, 2.75) is 77.5 Å². The van der Waals surface area contributed by atoms with Crippen LogP contribution in [-0.4, -0.2) is 17.1 Å². The Labute approximate surface area is 153 Å². The van der Waals surface area contributed by atoms with Gasteiger partial charge < -0.3 is 0 Å². The first-order valence-corrected chi connectivity index (χ1v) is 12.1. The molecule has 0 amide bonds. The fourth-order valence-electron chi connectivity index (χ4n) is 4.83. The van der Waals surface area contributed by atoms with Gasteiger partial charge in [0.05, 0.1) is 8.99 Å². The molecule has 0 aromatic heterocycles. The number of alkyl halides is 2. The third-order valence-corrected chi connectivity index (χ3v) is 16.1. The Bertz CT molecular complexity index is 606. The first kappa shape index (κ1) is 19.1. The molecule has 0 spiro atoms. The summed E-state index contributed by atoms with van der Waals surface area (Å²) in [4.78, 5) is 0. The van der Waals surface area contributed by atoms with Crippen LogP contribution in [-0.2, 0) is 0 Å². The summed E-state index contributed by atoms with van der Waals surface area (Å²) in [5.41, 5.74) is 10.6. The number of hydrogen-bond donors (Lipinski definition) is 0. The molecule has 0 fully saturated rings. The van der Waals surface area contributed by atoms with Crippen molar-refractivity contribution in [2.24, 2.45) is 0 Å². The molecular formula is C20H30Cl2Si. The van der Waals surface area contributed by atoms with Gasteiger partial charge in [0.1, 0.15) is 8.07 Å². The molecule has 0 bridgehead atoms. The van der Waals surface area contributed by atoms with E-state index in [2.05, 4.69) is 68.5 Å². The van der Waals surface area contributed by atoms with Gasteiger partial charge in [0.15, 0.2) is 0 Å². The average molecular weight is 369 g/mol. The van der Waals surface area contributed by atoms with E-state index < -0.39 is 17.1 Å². The molecule has 3 heteroatoms. The Kier molecular flexibility index (Phi) is 4.46. The minimum absolute atomic E-state index is 0.420. The van der Waals surface area contributed by atoms with Gasteiger partial charge >= 0.3 is 0 Å². The molecule has 0 saturated heterocycles. The second kappa shape index (κ2) is 5.38. The van der Waals surface area contributed by atoms with Crippen molar-refractivity contribution >= 4 is 31.3 Å². The van der Waals surface area contributed by atoms with Gasteiger partial charge in [0, 0.05) is 0 Å². The summed E-state index contributed by atoms with van der Waals surface area (Å²) in [6, 6.07) is 0. The number of allylic oxidation sites excluding steroid dienone is 8. The summed E-state index contributed by atoms with van der Waals surface area (Å²) >= 11 is 14.9. The smallest absolute Gasteiger partial charge is 0.113 e. The van der Waals surface area contributed by atoms with Crippen molar-refractivity contribution in [3.05, 3.63) is 44.6 Å². The SMILES string of the molecule is CC1=C(C)C(Cl)([Si](C)(C)C2(Cl)C(C)=C(C)C(C)=C2C)C(C)=C1C. The first-order valence-electron chi connectivity index (χ1n) is 8.38. The van der Waals surface area contributed by atoms with Crippen LogP contribution in [0.25, 0.3) is 0 Å². The first-order chi connectivity index (χ1) is 10.3. The van der Waals surface area contributed by atoms with Crippen LogP contribution in [0.1, 0.15) is 55.4 Å². The lowest BCUT2D eigenvalue weighted by Crippen LogP contribution is -2.65. The van der Waals surface area contributed by atoms with Gasteiger partial charge in [0.25, 0.3) is 0 Å². The van der Waals surface area contributed by atoms with E-state index in [1.807, 2.05) is 0 Å². The summed E-state index contributed by atoms with van der Waals surface area (Å²) in [5, 5.41) is 0. The van der Waals surface area contributed by atoms with Crippen LogP contribution in [0.5, 0.6) is 0 Å². The maximum Gasteiger partial charge on any atom is 0.116 e.